The fourth-order valence-corrected chi connectivity index (χ4v) is 5.37. The van der Waals surface area contributed by atoms with Crippen LogP contribution < -0.4 is 4.74 Å². The molecule has 0 bridgehead atoms. The number of allylic oxidation sites excluding steroid dienone is 4. The van der Waals surface area contributed by atoms with Gasteiger partial charge in [-0.15, -0.1) is 0 Å². The fraction of sp³-hybridized carbons (Fsp3) is 0.211. The fourth-order valence-electron chi connectivity index (χ4n) is 5.37. The third kappa shape index (κ3) is 8.42. The molecule has 0 spiro atoms. The summed E-state index contributed by atoms with van der Waals surface area (Å²) < 4.78 is 94.4. The van der Waals surface area contributed by atoms with Gasteiger partial charge in [0, 0.05) is 30.9 Å². The van der Waals surface area contributed by atoms with Crippen molar-refractivity contribution in [3.63, 3.8) is 0 Å². The molecule has 0 aromatic heterocycles. The zero-order valence-electron chi connectivity index (χ0n) is 25.8. The van der Waals surface area contributed by atoms with Crippen LogP contribution in [0, 0.1) is 29.1 Å². The molecule has 48 heavy (non-hydrogen) atoms. The predicted octanol–water partition coefficient (Wildman–Crippen LogP) is 10.2. The zero-order chi connectivity index (χ0) is 34.4. The van der Waals surface area contributed by atoms with Crippen molar-refractivity contribution in [2.45, 2.75) is 51.1 Å². The zero-order valence-corrected chi connectivity index (χ0v) is 25.8. The van der Waals surface area contributed by atoms with Crippen molar-refractivity contribution in [3.05, 3.63) is 131 Å². The smallest absolute Gasteiger partial charge is 0.311 e. The normalized spacial score (nSPS) is 15.8. The average Bonchev–Trinajstić information content (AvgIpc) is 3.03. The molecule has 1 aliphatic rings. The third-order valence-corrected chi connectivity index (χ3v) is 7.86. The van der Waals surface area contributed by atoms with Gasteiger partial charge in [0.05, 0.1) is 0 Å². The molecule has 0 fully saturated rings. The van der Waals surface area contributed by atoms with Crippen LogP contribution in [0.15, 0.2) is 96.8 Å². The minimum atomic E-state index is -1.84. The Bertz CT molecular complexity index is 1900. The number of unbranched alkanes of at least 4 members (excludes halogenated alkanes) is 2. The van der Waals surface area contributed by atoms with E-state index in [4.69, 9.17) is 9.47 Å². The van der Waals surface area contributed by atoms with Gasteiger partial charge in [-0.25, -0.2) is 26.3 Å². The minimum absolute atomic E-state index is 0.0162. The Morgan fingerprint density at radius 2 is 1.17 bits per heavy atom. The highest BCUT2D eigenvalue weighted by atomic mass is 19.2. The van der Waals surface area contributed by atoms with Crippen LogP contribution in [0.5, 0.6) is 5.75 Å². The van der Waals surface area contributed by atoms with E-state index in [0.717, 1.165) is 30.3 Å². The summed E-state index contributed by atoms with van der Waals surface area (Å²) in [6.07, 6.45) is 4.30. The monoisotopic (exact) mass is 664 g/mol. The van der Waals surface area contributed by atoms with Crippen molar-refractivity contribution in [1.29, 1.82) is 0 Å². The SMILES string of the molecule is C[C@]1(F)CC(OC(=O)CCCCCC(=O)Oc2ccc(-c3ccc(F)c(F)c3)c(F)c2)=CC=C1c1ccc(-c2ccc(F)c(F)c2)cc1. The van der Waals surface area contributed by atoms with Crippen LogP contribution in [0.3, 0.4) is 0 Å². The molecule has 5 rings (SSSR count). The molecule has 4 aromatic rings. The lowest BCUT2D eigenvalue weighted by molar-refractivity contribution is -0.140. The molecular weight excluding hydrogens is 634 g/mol. The Labute approximate surface area is 273 Å². The highest BCUT2D eigenvalue weighted by Crippen LogP contribution is 2.40. The minimum Gasteiger partial charge on any atom is -0.431 e. The van der Waals surface area contributed by atoms with E-state index in [1.165, 1.54) is 31.2 Å². The van der Waals surface area contributed by atoms with Crippen molar-refractivity contribution in [3.8, 4) is 28.0 Å². The second kappa shape index (κ2) is 14.8. The van der Waals surface area contributed by atoms with E-state index in [9.17, 15) is 31.5 Å². The van der Waals surface area contributed by atoms with Crippen LogP contribution in [-0.4, -0.2) is 17.6 Å². The summed E-state index contributed by atoms with van der Waals surface area (Å²) in [7, 11) is 0. The number of alkyl halides is 1. The van der Waals surface area contributed by atoms with E-state index >= 15 is 4.39 Å². The maximum Gasteiger partial charge on any atom is 0.311 e. The summed E-state index contributed by atoms with van der Waals surface area (Å²) in [5, 5.41) is 0. The van der Waals surface area contributed by atoms with E-state index in [2.05, 4.69) is 0 Å². The number of hydrogen-bond donors (Lipinski definition) is 0. The van der Waals surface area contributed by atoms with Gasteiger partial charge in [-0.2, -0.15) is 0 Å². The summed E-state index contributed by atoms with van der Waals surface area (Å²) >= 11 is 0. The highest BCUT2D eigenvalue weighted by Gasteiger charge is 2.34. The van der Waals surface area contributed by atoms with Gasteiger partial charge in [0.1, 0.15) is 23.0 Å². The molecule has 4 aromatic carbocycles. The molecule has 0 N–H and O–H groups in total. The first kappa shape index (κ1) is 34.2. The average molecular weight is 665 g/mol. The summed E-state index contributed by atoms with van der Waals surface area (Å²) in [6, 6.07) is 17.0. The molecule has 0 heterocycles. The van der Waals surface area contributed by atoms with Gasteiger partial charge in [-0.3, -0.25) is 9.59 Å². The molecule has 0 radical (unpaired) electrons. The number of benzene rings is 4. The van der Waals surface area contributed by atoms with Crippen molar-refractivity contribution in [2.75, 3.05) is 0 Å². The largest absolute Gasteiger partial charge is 0.431 e. The van der Waals surface area contributed by atoms with Crippen LogP contribution >= 0.6 is 0 Å². The van der Waals surface area contributed by atoms with Gasteiger partial charge in [0.25, 0.3) is 0 Å². The van der Waals surface area contributed by atoms with Crippen LogP contribution in [0.4, 0.5) is 26.3 Å². The van der Waals surface area contributed by atoms with Gasteiger partial charge in [0.15, 0.2) is 23.3 Å². The highest BCUT2D eigenvalue weighted by molar-refractivity contribution is 5.78. The van der Waals surface area contributed by atoms with Gasteiger partial charge >= 0.3 is 11.9 Å². The first-order chi connectivity index (χ1) is 22.9. The van der Waals surface area contributed by atoms with E-state index in [1.54, 1.807) is 36.4 Å². The molecule has 248 valence electrons. The lowest BCUT2D eigenvalue weighted by Gasteiger charge is -2.28. The van der Waals surface area contributed by atoms with E-state index in [0.29, 0.717) is 41.5 Å². The quantitative estimate of drug-likeness (QED) is 0.0693. The van der Waals surface area contributed by atoms with Crippen molar-refractivity contribution in [1.82, 2.24) is 0 Å². The Morgan fingerprint density at radius 3 is 1.77 bits per heavy atom. The summed E-state index contributed by atoms with van der Waals surface area (Å²) in [5.74, 6) is -5.83. The predicted molar refractivity (Wildman–Crippen MR) is 169 cm³/mol. The maximum absolute atomic E-state index is 15.7. The summed E-state index contributed by atoms with van der Waals surface area (Å²) in [4.78, 5) is 24.6. The standard InChI is InChI=1S/C38H30F6O4/c1-38(44)22-28(14-16-30(38)24-9-7-23(8-10-24)25-11-17-31(39)34(42)19-25)48-37(46)6-4-2-3-5-36(45)47-27-13-15-29(33(41)21-27)26-12-18-32(40)35(43)20-26/h7-21H,2-6,22H2,1H3/t38-/m0/s1. The Balaban J connectivity index is 1.06. The molecule has 0 saturated heterocycles. The van der Waals surface area contributed by atoms with Crippen molar-refractivity contribution in [2.24, 2.45) is 0 Å². The topological polar surface area (TPSA) is 52.6 Å². The molecular formula is C38H30F6O4. The Morgan fingerprint density at radius 1 is 0.604 bits per heavy atom. The van der Waals surface area contributed by atoms with E-state index < -0.39 is 46.7 Å². The third-order valence-electron chi connectivity index (χ3n) is 7.86. The lowest BCUT2D eigenvalue weighted by atomic mass is 9.84. The number of carbonyl (C=O) groups is 2. The van der Waals surface area contributed by atoms with Crippen molar-refractivity contribution < 1.29 is 45.4 Å². The van der Waals surface area contributed by atoms with Crippen LogP contribution in [0.2, 0.25) is 0 Å². The van der Waals surface area contributed by atoms with Gasteiger partial charge in [0.2, 0.25) is 0 Å². The number of rotatable bonds is 11. The number of halogens is 6. The molecule has 0 aliphatic heterocycles. The number of hydrogen-bond acceptors (Lipinski definition) is 4. The Kier molecular flexibility index (Phi) is 10.5. The molecule has 4 nitrogen and oxygen atoms in total. The number of ether oxygens (including phenoxy) is 2. The van der Waals surface area contributed by atoms with Gasteiger partial charge in [-0.05, 0) is 90.1 Å². The molecule has 0 unspecified atom stereocenters. The van der Waals surface area contributed by atoms with Gasteiger partial charge in [-0.1, -0.05) is 48.9 Å². The van der Waals surface area contributed by atoms with Crippen LogP contribution in [0.25, 0.3) is 27.8 Å². The number of esters is 2. The molecule has 1 aliphatic carbocycles. The second-order valence-corrected chi connectivity index (χ2v) is 11.6. The molecule has 0 amide bonds. The maximum atomic E-state index is 15.7. The summed E-state index contributed by atoms with van der Waals surface area (Å²) in [5.41, 5.74) is 0.416. The summed E-state index contributed by atoms with van der Waals surface area (Å²) in [6.45, 7) is 1.39. The number of carbonyl (C=O) groups excluding carboxylic acids is 2. The molecule has 1 atom stereocenters. The van der Waals surface area contributed by atoms with Crippen LogP contribution in [-0.2, 0) is 14.3 Å². The van der Waals surface area contributed by atoms with E-state index in [1.807, 2.05) is 0 Å². The molecule has 0 saturated carbocycles. The van der Waals surface area contributed by atoms with Gasteiger partial charge < -0.3 is 9.47 Å². The first-order valence-electron chi connectivity index (χ1n) is 15.2. The second-order valence-electron chi connectivity index (χ2n) is 11.6. The van der Waals surface area contributed by atoms with Crippen LogP contribution in [0.1, 0.15) is 51.0 Å². The lowest BCUT2D eigenvalue weighted by Crippen LogP contribution is -2.25. The molecule has 10 heteroatoms. The Hall–Kier alpha value is -5.12. The van der Waals surface area contributed by atoms with Crippen molar-refractivity contribution >= 4 is 17.5 Å². The van der Waals surface area contributed by atoms with E-state index in [-0.39, 0.29) is 41.9 Å². The first-order valence-corrected chi connectivity index (χ1v) is 15.2.